The minimum atomic E-state index is -0.669. The highest BCUT2D eigenvalue weighted by Crippen LogP contribution is 2.17. The van der Waals surface area contributed by atoms with Crippen molar-refractivity contribution in [2.45, 2.75) is 19.3 Å². The highest BCUT2D eigenvalue weighted by atomic mass is 35.5. The average molecular weight is 275 g/mol. The van der Waals surface area contributed by atoms with Gasteiger partial charge in [-0.25, -0.2) is 0 Å². The van der Waals surface area contributed by atoms with Gasteiger partial charge in [0, 0.05) is 19.5 Å². The lowest BCUT2D eigenvalue weighted by Gasteiger charge is -2.14. The number of carbonyl (C=O) groups is 1. The van der Waals surface area contributed by atoms with E-state index in [0.29, 0.717) is 12.4 Å². The first kappa shape index (κ1) is 14.5. The third kappa shape index (κ3) is 4.03. The summed E-state index contributed by atoms with van der Waals surface area (Å²) in [7, 11) is 1.64. The Morgan fingerprint density at radius 2 is 2.17 bits per heavy atom. The number of unbranched alkanes of at least 4 members (excludes halogenated alkanes) is 2. The van der Waals surface area contributed by atoms with E-state index >= 15 is 0 Å². The topological polar surface area (TPSA) is 76.6 Å². The van der Waals surface area contributed by atoms with Crippen LogP contribution in [0.2, 0.25) is 0 Å². The van der Waals surface area contributed by atoms with Crippen LogP contribution < -0.4 is 0 Å². The van der Waals surface area contributed by atoms with Gasteiger partial charge in [-0.2, -0.15) is 0 Å². The Morgan fingerprint density at radius 1 is 1.44 bits per heavy atom. The Hall–Kier alpha value is -1.56. The van der Waals surface area contributed by atoms with Crippen molar-refractivity contribution in [3.8, 4) is 0 Å². The molecule has 0 aliphatic carbocycles. The standard InChI is InChI=1S/C11H15ClN2O4/c1-13(8-4-2-3-7-12)11(15)9-5-6-10(18-9)14(16)17/h5-6H,2-4,7-8H2,1H3. The van der Waals surface area contributed by atoms with Gasteiger partial charge >= 0.3 is 5.88 Å². The van der Waals surface area contributed by atoms with Crippen LogP contribution >= 0.6 is 11.6 Å². The van der Waals surface area contributed by atoms with Gasteiger partial charge in [-0.1, -0.05) is 6.42 Å². The number of carbonyl (C=O) groups excluding carboxylic acids is 1. The highest BCUT2D eigenvalue weighted by molar-refractivity contribution is 6.17. The van der Waals surface area contributed by atoms with Crippen LogP contribution in [0.15, 0.2) is 16.5 Å². The van der Waals surface area contributed by atoms with E-state index in [2.05, 4.69) is 0 Å². The summed E-state index contributed by atoms with van der Waals surface area (Å²) in [5.74, 6) is -0.174. The zero-order chi connectivity index (χ0) is 13.5. The molecule has 6 nitrogen and oxygen atoms in total. The summed E-state index contributed by atoms with van der Waals surface area (Å²) >= 11 is 5.55. The lowest BCUT2D eigenvalue weighted by Crippen LogP contribution is -2.27. The van der Waals surface area contributed by atoms with E-state index in [0.717, 1.165) is 19.3 Å². The summed E-state index contributed by atoms with van der Waals surface area (Å²) in [5.41, 5.74) is 0. The molecule has 0 saturated heterocycles. The van der Waals surface area contributed by atoms with Crippen molar-refractivity contribution < 1.29 is 14.1 Å². The van der Waals surface area contributed by atoms with Crippen molar-refractivity contribution in [3.05, 3.63) is 28.0 Å². The average Bonchev–Trinajstić information content (AvgIpc) is 2.83. The molecule has 0 N–H and O–H groups in total. The Labute approximate surface area is 110 Å². The fraction of sp³-hybridized carbons (Fsp3) is 0.545. The second kappa shape index (κ2) is 7.00. The smallest absolute Gasteiger partial charge is 0.395 e. The summed E-state index contributed by atoms with van der Waals surface area (Å²) in [6.45, 7) is 0.574. The van der Waals surface area contributed by atoms with Crippen molar-refractivity contribution in [2.75, 3.05) is 19.5 Å². The molecule has 0 atom stereocenters. The van der Waals surface area contributed by atoms with Gasteiger partial charge < -0.3 is 9.32 Å². The molecule has 0 unspecified atom stereocenters. The molecule has 0 aliphatic rings. The van der Waals surface area contributed by atoms with Gasteiger partial charge in [-0.15, -0.1) is 11.6 Å². The predicted octanol–water partition coefficient (Wildman–Crippen LogP) is 2.67. The number of hydrogen-bond acceptors (Lipinski definition) is 4. The maximum absolute atomic E-state index is 11.8. The van der Waals surface area contributed by atoms with Crippen LogP contribution in [0.1, 0.15) is 29.8 Å². The van der Waals surface area contributed by atoms with E-state index in [1.807, 2.05) is 0 Å². The maximum atomic E-state index is 11.8. The number of hydrogen-bond donors (Lipinski definition) is 0. The molecule has 1 aromatic heterocycles. The predicted molar refractivity (Wildman–Crippen MR) is 66.9 cm³/mol. The summed E-state index contributed by atoms with van der Waals surface area (Å²) < 4.78 is 4.84. The van der Waals surface area contributed by atoms with E-state index in [1.165, 1.54) is 17.0 Å². The summed E-state index contributed by atoms with van der Waals surface area (Å²) in [5, 5.41) is 10.4. The molecule has 1 aromatic rings. The van der Waals surface area contributed by atoms with Crippen LogP contribution in [0.5, 0.6) is 0 Å². The molecule has 0 aliphatic heterocycles. The molecule has 0 aromatic carbocycles. The van der Waals surface area contributed by atoms with E-state index < -0.39 is 10.8 Å². The summed E-state index contributed by atoms with van der Waals surface area (Å²) in [6.07, 6.45) is 2.70. The Morgan fingerprint density at radius 3 is 2.72 bits per heavy atom. The number of nitro groups is 1. The van der Waals surface area contributed by atoms with Crippen molar-refractivity contribution >= 4 is 23.4 Å². The van der Waals surface area contributed by atoms with Gasteiger partial charge in [-0.05, 0) is 18.9 Å². The number of nitrogens with zero attached hydrogens (tertiary/aromatic N) is 2. The molecule has 18 heavy (non-hydrogen) atoms. The molecule has 0 fully saturated rings. The lowest BCUT2D eigenvalue weighted by molar-refractivity contribution is -0.402. The van der Waals surface area contributed by atoms with E-state index in [9.17, 15) is 14.9 Å². The number of amides is 1. The molecule has 0 radical (unpaired) electrons. The molecule has 0 saturated carbocycles. The molecule has 1 amide bonds. The molecule has 1 heterocycles. The Kier molecular flexibility index (Phi) is 5.64. The zero-order valence-electron chi connectivity index (χ0n) is 10.1. The SMILES string of the molecule is CN(CCCCCCl)C(=O)c1ccc([N+](=O)[O-])o1. The van der Waals surface area contributed by atoms with Crippen LogP contribution in [0, 0.1) is 10.1 Å². The van der Waals surface area contributed by atoms with Gasteiger partial charge in [0.2, 0.25) is 0 Å². The molecule has 0 spiro atoms. The Bertz CT molecular complexity index is 419. The maximum Gasteiger partial charge on any atom is 0.433 e. The van der Waals surface area contributed by atoms with Crippen molar-refractivity contribution in [3.63, 3.8) is 0 Å². The van der Waals surface area contributed by atoms with Crippen molar-refractivity contribution in [1.29, 1.82) is 0 Å². The second-order valence-electron chi connectivity index (χ2n) is 3.87. The van der Waals surface area contributed by atoms with Crippen molar-refractivity contribution in [2.24, 2.45) is 0 Å². The molecule has 0 bridgehead atoms. The summed E-state index contributed by atoms with van der Waals surface area (Å²) in [4.78, 5) is 23.1. The third-order valence-corrected chi connectivity index (χ3v) is 2.72. The first-order valence-electron chi connectivity index (χ1n) is 5.62. The van der Waals surface area contributed by atoms with Crippen LogP contribution in [-0.2, 0) is 0 Å². The monoisotopic (exact) mass is 274 g/mol. The first-order chi connectivity index (χ1) is 8.56. The van der Waals surface area contributed by atoms with E-state index in [-0.39, 0.29) is 11.7 Å². The number of furan rings is 1. The summed E-state index contributed by atoms with van der Waals surface area (Å²) in [6, 6.07) is 2.49. The molecule has 7 heteroatoms. The van der Waals surface area contributed by atoms with Gasteiger partial charge in [0.25, 0.3) is 5.91 Å². The molecule has 100 valence electrons. The van der Waals surface area contributed by atoms with Crippen LogP contribution in [-0.4, -0.2) is 35.2 Å². The third-order valence-electron chi connectivity index (χ3n) is 2.46. The fourth-order valence-corrected chi connectivity index (χ4v) is 1.64. The first-order valence-corrected chi connectivity index (χ1v) is 6.15. The minimum Gasteiger partial charge on any atom is -0.395 e. The lowest BCUT2D eigenvalue weighted by atomic mass is 10.2. The van der Waals surface area contributed by atoms with Gasteiger partial charge in [0.05, 0.1) is 6.07 Å². The number of alkyl halides is 1. The fourth-order valence-electron chi connectivity index (χ4n) is 1.45. The molecule has 1 rings (SSSR count). The Balaban J connectivity index is 2.49. The van der Waals surface area contributed by atoms with E-state index in [1.54, 1.807) is 7.05 Å². The van der Waals surface area contributed by atoms with Crippen LogP contribution in [0.25, 0.3) is 0 Å². The van der Waals surface area contributed by atoms with E-state index in [4.69, 9.17) is 16.0 Å². The number of halogens is 1. The molecular formula is C11H15ClN2O4. The highest BCUT2D eigenvalue weighted by Gasteiger charge is 2.19. The van der Waals surface area contributed by atoms with Gasteiger partial charge in [0.1, 0.15) is 4.92 Å². The van der Waals surface area contributed by atoms with Gasteiger partial charge in [0.15, 0.2) is 5.76 Å². The zero-order valence-corrected chi connectivity index (χ0v) is 10.9. The quantitative estimate of drug-likeness (QED) is 0.331. The van der Waals surface area contributed by atoms with Gasteiger partial charge in [-0.3, -0.25) is 14.9 Å². The largest absolute Gasteiger partial charge is 0.433 e. The normalized spacial score (nSPS) is 10.3. The second-order valence-corrected chi connectivity index (χ2v) is 4.25. The number of rotatable bonds is 7. The minimum absolute atomic E-state index is 0.0125. The molecular weight excluding hydrogens is 260 g/mol. The van der Waals surface area contributed by atoms with Crippen LogP contribution in [0.3, 0.4) is 0 Å². The van der Waals surface area contributed by atoms with Crippen molar-refractivity contribution in [1.82, 2.24) is 4.90 Å². The van der Waals surface area contributed by atoms with Crippen LogP contribution in [0.4, 0.5) is 5.88 Å².